The van der Waals surface area contributed by atoms with E-state index >= 15 is 0 Å². The summed E-state index contributed by atoms with van der Waals surface area (Å²) in [6.07, 6.45) is -0.327. The van der Waals surface area contributed by atoms with Crippen LogP contribution in [-0.2, 0) is 14.9 Å². The number of hydrogen-bond acceptors (Lipinski definition) is 4. The number of fused-ring (bicyclic) bond motifs is 1. The van der Waals surface area contributed by atoms with Gasteiger partial charge >= 0.3 is 10.2 Å². The van der Waals surface area contributed by atoms with E-state index in [1.165, 1.54) is 16.4 Å². The third kappa shape index (κ3) is 3.14. The lowest BCUT2D eigenvalue weighted by atomic mass is 10.2. The van der Waals surface area contributed by atoms with Gasteiger partial charge in [0.25, 0.3) is 0 Å². The van der Waals surface area contributed by atoms with Crippen molar-refractivity contribution in [1.29, 1.82) is 0 Å². The lowest BCUT2D eigenvalue weighted by Gasteiger charge is -2.29. The molecule has 1 N–H and O–H groups in total. The molecule has 1 unspecified atom stereocenters. The summed E-state index contributed by atoms with van der Waals surface area (Å²) in [5, 5.41) is 3.16. The molecule has 140 valence electrons. The highest BCUT2D eigenvalue weighted by Gasteiger charge is 2.44. The lowest BCUT2D eigenvalue weighted by molar-refractivity contribution is 0.0353. The summed E-state index contributed by atoms with van der Waals surface area (Å²) in [5.41, 5.74) is 0.857. The maximum Gasteiger partial charge on any atom is 0.331 e. The molecular formula is C17H19ClFN3O3S. The van der Waals surface area contributed by atoms with Gasteiger partial charge in [0.2, 0.25) is 0 Å². The maximum absolute atomic E-state index is 14.5. The highest BCUT2D eigenvalue weighted by molar-refractivity contribution is 7.95. The molecule has 0 saturated carbocycles. The predicted molar refractivity (Wildman–Crippen MR) is 101 cm³/mol. The molecule has 2 aromatic carbocycles. The number of anilines is 3. The summed E-state index contributed by atoms with van der Waals surface area (Å²) in [4.78, 5) is 0. The Bertz CT molecular complexity index is 876. The molecule has 0 bridgehead atoms. The molecule has 6 nitrogen and oxygen atoms in total. The van der Waals surface area contributed by atoms with Gasteiger partial charge in [0, 0.05) is 13.1 Å². The number of rotatable bonds is 3. The molecule has 2 heterocycles. The first-order valence-corrected chi connectivity index (χ1v) is 9.47. The zero-order chi connectivity index (χ0) is 17.4. The number of nitrogens with zero attached hydrogens (tertiary/aromatic N) is 2. The third-order valence-electron chi connectivity index (χ3n) is 4.31. The van der Waals surface area contributed by atoms with Gasteiger partial charge in [-0.25, -0.2) is 13.0 Å². The highest BCUT2D eigenvalue weighted by Crippen LogP contribution is 2.46. The van der Waals surface area contributed by atoms with Gasteiger partial charge in [-0.15, -0.1) is 12.4 Å². The van der Waals surface area contributed by atoms with E-state index in [1.807, 2.05) is 0 Å². The van der Waals surface area contributed by atoms with Gasteiger partial charge in [0.1, 0.15) is 11.5 Å². The number of halogens is 2. The van der Waals surface area contributed by atoms with Crippen LogP contribution >= 0.6 is 12.4 Å². The number of morpholine rings is 1. The van der Waals surface area contributed by atoms with E-state index in [4.69, 9.17) is 4.74 Å². The summed E-state index contributed by atoms with van der Waals surface area (Å²) in [7, 11) is -3.94. The van der Waals surface area contributed by atoms with Crippen LogP contribution < -0.4 is 13.9 Å². The van der Waals surface area contributed by atoms with Gasteiger partial charge in [0.05, 0.1) is 30.6 Å². The van der Waals surface area contributed by atoms with E-state index in [0.717, 1.165) is 10.8 Å². The molecule has 0 spiro atoms. The minimum absolute atomic E-state index is 0. The average Bonchev–Trinajstić information content (AvgIpc) is 2.84. The van der Waals surface area contributed by atoms with Crippen molar-refractivity contribution >= 4 is 39.7 Å². The van der Waals surface area contributed by atoms with E-state index in [0.29, 0.717) is 24.5 Å². The van der Waals surface area contributed by atoms with Gasteiger partial charge in [-0.3, -0.25) is 0 Å². The normalized spacial score (nSPS) is 21.2. The molecule has 1 atom stereocenters. The number of para-hydroxylation sites is 2. The molecule has 9 heteroatoms. The number of nitrogens with one attached hydrogen (secondary N) is 1. The number of ether oxygens (including phenoxy) is 1. The van der Waals surface area contributed by atoms with Crippen LogP contribution in [0.25, 0.3) is 0 Å². The van der Waals surface area contributed by atoms with Gasteiger partial charge in [-0.05, 0) is 24.3 Å². The maximum atomic E-state index is 14.5. The van der Waals surface area contributed by atoms with E-state index in [9.17, 15) is 12.8 Å². The summed E-state index contributed by atoms with van der Waals surface area (Å²) >= 11 is 0. The van der Waals surface area contributed by atoms with Crippen molar-refractivity contribution in [2.45, 2.75) is 6.10 Å². The summed E-state index contributed by atoms with van der Waals surface area (Å²) in [5.74, 6) is -0.566. The smallest absolute Gasteiger partial charge is 0.331 e. The zero-order valence-corrected chi connectivity index (χ0v) is 15.5. The molecular weight excluding hydrogens is 381 g/mol. The minimum atomic E-state index is -3.94. The fourth-order valence-corrected chi connectivity index (χ4v) is 4.94. The molecule has 0 aromatic heterocycles. The SMILES string of the molecule is Cl.O=S1(=O)N(CC2CNCCO2)c2c(F)cccc2N1c1ccccc1. The van der Waals surface area contributed by atoms with Crippen LogP contribution in [0.15, 0.2) is 48.5 Å². The molecule has 2 aromatic rings. The Morgan fingerprint density at radius 1 is 1.15 bits per heavy atom. The summed E-state index contributed by atoms with van der Waals surface area (Å²) < 4.78 is 48.8. The quantitative estimate of drug-likeness (QED) is 0.861. The average molecular weight is 400 g/mol. The third-order valence-corrected chi connectivity index (χ3v) is 6.07. The Morgan fingerprint density at radius 2 is 1.92 bits per heavy atom. The Labute approximate surface area is 158 Å². The number of benzene rings is 2. The van der Waals surface area contributed by atoms with Crippen molar-refractivity contribution in [3.05, 3.63) is 54.3 Å². The largest absolute Gasteiger partial charge is 0.374 e. The Morgan fingerprint density at radius 3 is 2.62 bits per heavy atom. The van der Waals surface area contributed by atoms with Crippen LogP contribution in [0.5, 0.6) is 0 Å². The van der Waals surface area contributed by atoms with Crippen molar-refractivity contribution < 1.29 is 17.5 Å². The van der Waals surface area contributed by atoms with Crippen molar-refractivity contribution in [3.8, 4) is 0 Å². The zero-order valence-electron chi connectivity index (χ0n) is 13.8. The van der Waals surface area contributed by atoms with Crippen LogP contribution in [0, 0.1) is 5.82 Å². The van der Waals surface area contributed by atoms with E-state index < -0.39 is 16.0 Å². The van der Waals surface area contributed by atoms with E-state index in [2.05, 4.69) is 5.32 Å². The second kappa shape index (κ2) is 7.40. The van der Waals surface area contributed by atoms with Gasteiger partial charge in [-0.1, -0.05) is 24.3 Å². The Hall–Kier alpha value is -1.87. The van der Waals surface area contributed by atoms with Crippen LogP contribution in [0.2, 0.25) is 0 Å². The molecule has 2 aliphatic heterocycles. The summed E-state index contributed by atoms with van der Waals surface area (Å²) in [6, 6.07) is 13.1. The van der Waals surface area contributed by atoms with E-state index in [-0.39, 0.29) is 30.7 Å². The molecule has 26 heavy (non-hydrogen) atoms. The fourth-order valence-electron chi connectivity index (χ4n) is 3.20. The van der Waals surface area contributed by atoms with Crippen molar-refractivity contribution in [1.82, 2.24) is 5.32 Å². The van der Waals surface area contributed by atoms with Crippen molar-refractivity contribution in [2.24, 2.45) is 0 Å². The molecule has 1 saturated heterocycles. The van der Waals surface area contributed by atoms with Crippen LogP contribution in [-0.4, -0.2) is 40.8 Å². The molecule has 0 aliphatic carbocycles. The van der Waals surface area contributed by atoms with Crippen molar-refractivity contribution in [2.75, 3.05) is 34.9 Å². The predicted octanol–water partition coefficient (Wildman–Crippen LogP) is 2.44. The summed E-state index contributed by atoms with van der Waals surface area (Å²) in [6.45, 7) is 1.82. The van der Waals surface area contributed by atoms with Crippen LogP contribution in [0.3, 0.4) is 0 Å². The first-order chi connectivity index (χ1) is 12.1. The van der Waals surface area contributed by atoms with E-state index in [1.54, 1.807) is 36.4 Å². The molecule has 1 fully saturated rings. The van der Waals surface area contributed by atoms with Crippen LogP contribution in [0.4, 0.5) is 21.5 Å². The highest BCUT2D eigenvalue weighted by atomic mass is 35.5. The molecule has 0 amide bonds. The Balaban J connectivity index is 0.00000196. The topological polar surface area (TPSA) is 61.9 Å². The standard InChI is InChI=1S/C17H18FN3O3S.ClH/c18-15-7-4-8-16-17(15)20(12-14-11-19-9-10-24-14)25(22,23)21(16)13-5-2-1-3-6-13;/h1-8,14,19H,9-12H2;1H. The van der Waals surface area contributed by atoms with Gasteiger partial charge in [0.15, 0.2) is 0 Å². The molecule has 4 rings (SSSR count). The second-order valence-electron chi connectivity index (χ2n) is 5.94. The van der Waals surface area contributed by atoms with Crippen molar-refractivity contribution in [3.63, 3.8) is 0 Å². The van der Waals surface area contributed by atoms with Gasteiger partial charge in [-0.2, -0.15) is 8.42 Å². The fraction of sp³-hybridized carbons (Fsp3) is 0.294. The monoisotopic (exact) mass is 399 g/mol. The Kier molecular flexibility index (Phi) is 5.38. The molecule has 2 aliphatic rings. The van der Waals surface area contributed by atoms with Gasteiger partial charge < -0.3 is 10.1 Å². The lowest BCUT2D eigenvalue weighted by Crippen LogP contribution is -2.47. The molecule has 0 radical (unpaired) electrons. The second-order valence-corrected chi connectivity index (χ2v) is 7.64. The number of hydrogen-bond donors (Lipinski definition) is 1. The van der Waals surface area contributed by atoms with Crippen LogP contribution in [0.1, 0.15) is 0 Å². The minimum Gasteiger partial charge on any atom is -0.374 e. The first-order valence-electron chi connectivity index (χ1n) is 8.08. The first kappa shape index (κ1) is 18.9.